The van der Waals surface area contributed by atoms with Crippen molar-refractivity contribution in [3.8, 4) is 0 Å². The van der Waals surface area contributed by atoms with Crippen LogP contribution in [0.25, 0.3) is 0 Å². The van der Waals surface area contributed by atoms with Crippen molar-refractivity contribution < 1.29 is 4.74 Å². The van der Waals surface area contributed by atoms with Crippen molar-refractivity contribution in [2.24, 2.45) is 0 Å². The summed E-state index contributed by atoms with van der Waals surface area (Å²) in [4.78, 5) is 0. The molecule has 0 aliphatic heterocycles. The van der Waals surface area contributed by atoms with Crippen LogP contribution in [0.3, 0.4) is 0 Å². The van der Waals surface area contributed by atoms with Crippen molar-refractivity contribution >= 4 is 11.8 Å². The van der Waals surface area contributed by atoms with Gasteiger partial charge in [-0.15, -0.1) is 0 Å². The van der Waals surface area contributed by atoms with E-state index in [0.29, 0.717) is 0 Å². The molecule has 0 saturated carbocycles. The van der Waals surface area contributed by atoms with Gasteiger partial charge in [0.1, 0.15) is 0 Å². The van der Waals surface area contributed by atoms with Gasteiger partial charge in [0.2, 0.25) is 0 Å². The van der Waals surface area contributed by atoms with Crippen molar-refractivity contribution in [3.05, 3.63) is 0 Å². The molecule has 0 aromatic heterocycles. The predicted octanol–water partition coefficient (Wildman–Crippen LogP) is 1.75. The number of hydrogen-bond donors (Lipinski definition) is 1. The van der Waals surface area contributed by atoms with E-state index < -0.39 is 0 Å². The van der Waals surface area contributed by atoms with Gasteiger partial charge in [-0.25, -0.2) is 0 Å². The molecule has 12 heavy (non-hydrogen) atoms. The molecule has 0 aromatic carbocycles. The van der Waals surface area contributed by atoms with Crippen molar-refractivity contribution in [2.75, 3.05) is 31.7 Å². The molecular weight excluding hydrogens is 170 g/mol. The third kappa shape index (κ3) is 6.95. The van der Waals surface area contributed by atoms with E-state index in [0.717, 1.165) is 19.7 Å². The molecule has 0 fully saturated rings. The molecule has 0 rings (SSSR count). The second-order valence-electron chi connectivity index (χ2n) is 3.36. The molecule has 0 aromatic rings. The Kier molecular flexibility index (Phi) is 6.90. The second kappa shape index (κ2) is 6.75. The minimum absolute atomic E-state index is 0.0207. The monoisotopic (exact) mass is 191 g/mol. The topological polar surface area (TPSA) is 21.3 Å². The lowest BCUT2D eigenvalue weighted by molar-refractivity contribution is -0.00834. The van der Waals surface area contributed by atoms with Crippen LogP contribution in [0.5, 0.6) is 0 Å². The summed E-state index contributed by atoms with van der Waals surface area (Å²) in [5, 5.41) is 3.37. The average molecular weight is 191 g/mol. The first-order chi connectivity index (χ1) is 5.62. The van der Waals surface area contributed by atoms with E-state index in [-0.39, 0.29) is 5.60 Å². The van der Waals surface area contributed by atoms with Gasteiger partial charge < -0.3 is 10.1 Å². The maximum Gasteiger partial charge on any atom is 0.0750 e. The summed E-state index contributed by atoms with van der Waals surface area (Å²) in [6, 6.07) is 0. The van der Waals surface area contributed by atoms with Gasteiger partial charge in [0.25, 0.3) is 0 Å². The van der Waals surface area contributed by atoms with Gasteiger partial charge >= 0.3 is 0 Å². The molecule has 0 heterocycles. The molecular formula is C9H21NOS. The minimum atomic E-state index is -0.0207. The SMILES string of the molecule is CCOC(C)(C)CNCCSC. The molecule has 0 atom stereocenters. The van der Waals surface area contributed by atoms with E-state index in [4.69, 9.17) is 4.74 Å². The third-order valence-corrected chi connectivity index (χ3v) is 2.18. The zero-order valence-electron chi connectivity index (χ0n) is 8.64. The number of hydrogen-bond acceptors (Lipinski definition) is 3. The molecule has 0 saturated heterocycles. The first-order valence-corrected chi connectivity index (χ1v) is 5.85. The second-order valence-corrected chi connectivity index (χ2v) is 4.35. The van der Waals surface area contributed by atoms with E-state index in [1.807, 2.05) is 18.7 Å². The molecule has 3 heteroatoms. The summed E-state index contributed by atoms with van der Waals surface area (Å²) in [5.74, 6) is 1.17. The summed E-state index contributed by atoms with van der Waals surface area (Å²) in [7, 11) is 0. The summed E-state index contributed by atoms with van der Waals surface area (Å²) in [5.41, 5.74) is -0.0207. The quantitative estimate of drug-likeness (QED) is 0.620. The molecule has 0 amide bonds. The zero-order valence-corrected chi connectivity index (χ0v) is 9.46. The molecule has 2 nitrogen and oxygen atoms in total. The molecule has 0 aliphatic carbocycles. The van der Waals surface area contributed by atoms with Crippen LogP contribution in [0.15, 0.2) is 0 Å². The fourth-order valence-electron chi connectivity index (χ4n) is 1.01. The van der Waals surface area contributed by atoms with Crippen LogP contribution >= 0.6 is 11.8 Å². The number of ether oxygens (including phenoxy) is 1. The molecule has 0 aliphatic rings. The average Bonchev–Trinajstić information content (AvgIpc) is 1.98. The van der Waals surface area contributed by atoms with E-state index in [2.05, 4.69) is 25.4 Å². The largest absolute Gasteiger partial charge is 0.375 e. The normalized spacial score (nSPS) is 12.0. The Hall–Kier alpha value is 0.270. The molecule has 0 bridgehead atoms. The Morgan fingerprint density at radius 3 is 2.58 bits per heavy atom. The highest BCUT2D eigenvalue weighted by Gasteiger charge is 2.15. The first kappa shape index (κ1) is 12.3. The maximum absolute atomic E-state index is 5.54. The molecule has 74 valence electrons. The van der Waals surface area contributed by atoms with E-state index in [1.165, 1.54) is 5.75 Å². The van der Waals surface area contributed by atoms with Crippen molar-refractivity contribution in [2.45, 2.75) is 26.4 Å². The van der Waals surface area contributed by atoms with Crippen LogP contribution in [0.1, 0.15) is 20.8 Å². The Bertz CT molecular complexity index is 107. The fourth-order valence-corrected chi connectivity index (χ4v) is 1.35. The van der Waals surface area contributed by atoms with Gasteiger partial charge in [-0.3, -0.25) is 0 Å². The van der Waals surface area contributed by atoms with Gasteiger partial charge in [0.05, 0.1) is 5.60 Å². The van der Waals surface area contributed by atoms with Gasteiger partial charge in [0.15, 0.2) is 0 Å². The minimum Gasteiger partial charge on any atom is -0.375 e. The zero-order chi connectivity index (χ0) is 9.45. The third-order valence-electron chi connectivity index (χ3n) is 1.57. The van der Waals surface area contributed by atoms with E-state index >= 15 is 0 Å². The Morgan fingerprint density at radius 1 is 1.42 bits per heavy atom. The van der Waals surface area contributed by atoms with Crippen LogP contribution in [-0.2, 0) is 4.74 Å². The highest BCUT2D eigenvalue weighted by molar-refractivity contribution is 7.98. The summed E-state index contributed by atoms with van der Waals surface area (Å²) in [6.45, 7) is 9.05. The smallest absolute Gasteiger partial charge is 0.0750 e. The standard InChI is InChI=1S/C9H21NOS/c1-5-11-9(2,3)8-10-6-7-12-4/h10H,5-8H2,1-4H3. The number of thioether (sulfide) groups is 1. The van der Waals surface area contributed by atoms with Gasteiger partial charge in [0, 0.05) is 25.4 Å². The summed E-state index contributed by atoms with van der Waals surface area (Å²) >= 11 is 1.86. The molecule has 0 unspecified atom stereocenters. The lowest BCUT2D eigenvalue weighted by Crippen LogP contribution is -2.38. The molecule has 0 radical (unpaired) electrons. The summed E-state index contributed by atoms with van der Waals surface area (Å²) < 4.78 is 5.54. The summed E-state index contributed by atoms with van der Waals surface area (Å²) in [6.07, 6.45) is 2.12. The highest BCUT2D eigenvalue weighted by Crippen LogP contribution is 2.06. The molecule has 0 spiro atoms. The highest BCUT2D eigenvalue weighted by atomic mass is 32.2. The van der Waals surface area contributed by atoms with Crippen LogP contribution in [0.4, 0.5) is 0 Å². The van der Waals surface area contributed by atoms with Crippen LogP contribution in [-0.4, -0.2) is 37.3 Å². The van der Waals surface area contributed by atoms with Crippen molar-refractivity contribution in [1.82, 2.24) is 5.32 Å². The first-order valence-electron chi connectivity index (χ1n) is 4.46. The Morgan fingerprint density at radius 2 is 2.08 bits per heavy atom. The lowest BCUT2D eigenvalue weighted by Gasteiger charge is -2.24. The molecule has 1 N–H and O–H groups in total. The fraction of sp³-hybridized carbons (Fsp3) is 1.00. The van der Waals surface area contributed by atoms with Crippen LogP contribution in [0, 0.1) is 0 Å². The van der Waals surface area contributed by atoms with Gasteiger partial charge in [-0.1, -0.05) is 0 Å². The van der Waals surface area contributed by atoms with Crippen molar-refractivity contribution in [1.29, 1.82) is 0 Å². The van der Waals surface area contributed by atoms with Crippen molar-refractivity contribution in [3.63, 3.8) is 0 Å². The van der Waals surface area contributed by atoms with Gasteiger partial charge in [-0.2, -0.15) is 11.8 Å². The Labute approximate surface area is 80.4 Å². The van der Waals surface area contributed by atoms with E-state index in [9.17, 15) is 0 Å². The number of rotatable bonds is 7. The predicted molar refractivity (Wildman–Crippen MR) is 57.0 cm³/mol. The van der Waals surface area contributed by atoms with Gasteiger partial charge in [-0.05, 0) is 27.0 Å². The lowest BCUT2D eigenvalue weighted by atomic mass is 10.1. The number of nitrogens with one attached hydrogen (secondary N) is 1. The van der Waals surface area contributed by atoms with Crippen LogP contribution < -0.4 is 5.32 Å². The van der Waals surface area contributed by atoms with Crippen LogP contribution in [0.2, 0.25) is 0 Å². The van der Waals surface area contributed by atoms with E-state index in [1.54, 1.807) is 0 Å². The maximum atomic E-state index is 5.54. The Balaban J connectivity index is 3.33.